The summed E-state index contributed by atoms with van der Waals surface area (Å²) >= 11 is 0. The van der Waals surface area contributed by atoms with E-state index in [4.69, 9.17) is 18.9 Å². The summed E-state index contributed by atoms with van der Waals surface area (Å²) in [6.45, 7) is 74.0. The molecule has 0 amide bonds. The van der Waals surface area contributed by atoms with E-state index < -0.39 is 0 Å². The van der Waals surface area contributed by atoms with E-state index >= 15 is 0 Å². The summed E-state index contributed by atoms with van der Waals surface area (Å²) in [4.78, 5) is 46.9. The molecule has 478 valence electrons. The van der Waals surface area contributed by atoms with Crippen molar-refractivity contribution in [2.45, 2.75) is 220 Å². The third-order valence-corrected chi connectivity index (χ3v) is 14.9. The summed E-state index contributed by atoms with van der Waals surface area (Å²) in [5.41, 5.74) is 4.02. The average Bonchev–Trinajstić information content (AvgIpc) is 3.48. The Bertz CT molecular complexity index is 2600. The smallest absolute Gasteiger partial charge is 0.313 e. The van der Waals surface area contributed by atoms with Crippen LogP contribution < -0.4 is 0 Å². The van der Waals surface area contributed by atoms with Gasteiger partial charge in [0, 0.05) is 42.9 Å². The van der Waals surface area contributed by atoms with Crippen LogP contribution in [0.2, 0.25) is 0 Å². The third-order valence-electron chi connectivity index (χ3n) is 14.9. The average molecular weight is 1180 g/mol. The summed E-state index contributed by atoms with van der Waals surface area (Å²) in [6, 6.07) is 0. The highest BCUT2D eigenvalue weighted by Gasteiger charge is 2.44. The molecule has 0 aromatic carbocycles. The van der Waals surface area contributed by atoms with Crippen molar-refractivity contribution in [1.29, 1.82) is 0 Å². The number of hydrogen-bond donors (Lipinski definition) is 4. The molecular formula is C73H114O12. The number of aliphatic hydroxyl groups excluding tert-OH is 4. The summed E-state index contributed by atoms with van der Waals surface area (Å²) < 4.78 is 21.8. The lowest BCUT2D eigenvalue weighted by molar-refractivity contribution is -0.143. The van der Waals surface area contributed by atoms with E-state index in [1.165, 1.54) is 0 Å². The standard InChI is InChI=1S/C19H30O3.3C18H28O3/c1-11(2)17(21)22-14-10-13(18(4,5)6)16(20)15(12(14)3)19(7,8)9;3*1-9-14(19)21-13-10-12(17(3,4)5)16(20)15(11(13)2)18(6,7)8/h10-11,15,20H,3H2,1-2,4-9H3;3*10,15,20H,2,9H2,1,3-8H3. The van der Waals surface area contributed by atoms with Crippen LogP contribution in [0.25, 0.3) is 0 Å². The van der Waals surface area contributed by atoms with Crippen LogP contribution in [-0.2, 0) is 38.1 Å². The summed E-state index contributed by atoms with van der Waals surface area (Å²) in [6.07, 6.45) is 7.97. The molecule has 0 saturated carbocycles. The Morgan fingerprint density at radius 2 is 0.529 bits per heavy atom. The number of allylic oxidation sites excluding steroid dienone is 16. The fraction of sp³-hybridized carbons (Fsp3) is 0.616. The van der Waals surface area contributed by atoms with Crippen molar-refractivity contribution in [3.63, 3.8) is 0 Å². The molecule has 0 aromatic heterocycles. The topological polar surface area (TPSA) is 186 Å². The van der Waals surface area contributed by atoms with Crippen molar-refractivity contribution in [3.05, 3.63) is 141 Å². The molecule has 4 atom stereocenters. The quantitative estimate of drug-likeness (QED) is 0.133. The minimum absolute atomic E-state index is 0.209. The SMILES string of the molecule is C=C1C(OC(=O)C(C)C)=CC(C(C)(C)C)=C(O)C1C(C)(C)C.C=C1C(OC(=O)CC)=CC(C(C)(C)C)=C(O)C1C(C)(C)C.C=C1C(OC(=O)CC)=CC(C(C)(C)C)=C(O)C1C(C)(C)C.C=C1C(OC(=O)CC)=CC(C(C)(C)C)=C(O)C1C(C)(C)C. The lowest BCUT2D eigenvalue weighted by atomic mass is 9.68. The van der Waals surface area contributed by atoms with Crippen LogP contribution in [-0.4, -0.2) is 44.3 Å². The summed E-state index contributed by atoms with van der Waals surface area (Å²) in [5, 5.41) is 42.9. The summed E-state index contributed by atoms with van der Waals surface area (Å²) in [5.74, 6) is 0.845. The van der Waals surface area contributed by atoms with Crippen LogP contribution in [0, 0.1) is 72.9 Å². The van der Waals surface area contributed by atoms with Crippen molar-refractivity contribution >= 4 is 23.9 Å². The summed E-state index contributed by atoms with van der Waals surface area (Å²) in [7, 11) is 0. The van der Waals surface area contributed by atoms with Crippen molar-refractivity contribution < 1.29 is 58.6 Å². The van der Waals surface area contributed by atoms with Gasteiger partial charge in [-0.2, -0.15) is 0 Å². The molecule has 4 N–H and O–H groups in total. The number of aliphatic hydroxyl groups is 4. The maximum atomic E-state index is 12.0. The van der Waals surface area contributed by atoms with Gasteiger partial charge >= 0.3 is 23.9 Å². The Balaban J connectivity index is 0.000000567. The van der Waals surface area contributed by atoms with Gasteiger partial charge in [-0.15, -0.1) is 0 Å². The normalized spacial score (nSPS) is 20.4. The highest BCUT2D eigenvalue weighted by molar-refractivity contribution is 5.74. The van der Waals surface area contributed by atoms with E-state index in [0.717, 1.165) is 22.3 Å². The molecular weight excluding hydrogens is 1070 g/mol. The first kappa shape index (κ1) is 77.0. The maximum absolute atomic E-state index is 12.0. The van der Waals surface area contributed by atoms with Gasteiger partial charge in [-0.3, -0.25) is 19.2 Å². The van der Waals surface area contributed by atoms with E-state index in [9.17, 15) is 39.6 Å². The van der Waals surface area contributed by atoms with E-state index in [0.29, 0.717) is 87.6 Å². The number of carbonyl (C=O) groups excluding carboxylic acids is 4. The fourth-order valence-corrected chi connectivity index (χ4v) is 10.4. The second-order valence-electron chi connectivity index (χ2n) is 31.6. The minimum Gasteiger partial charge on any atom is -0.511 e. The highest BCUT2D eigenvalue weighted by atomic mass is 16.5. The van der Waals surface area contributed by atoms with Gasteiger partial charge in [0.25, 0.3) is 0 Å². The second-order valence-corrected chi connectivity index (χ2v) is 31.6. The Morgan fingerprint density at radius 1 is 0.365 bits per heavy atom. The number of carbonyl (C=O) groups is 4. The first-order valence-electron chi connectivity index (χ1n) is 30.2. The van der Waals surface area contributed by atoms with Crippen LogP contribution in [0.15, 0.2) is 141 Å². The zero-order chi connectivity index (χ0) is 67.2. The zero-order valence-corrected chi connectivity index (χ0v) is 58.2. The second kappa shape index (κ2) is 28.2. The van der Waals surface area contributed by atoms with Gasteiger partial charge in [0.15, 0.2) is 0 Å². The van der Waals surface area contributed by atoms with E-state index in [1.807, 2.05) is 166 Å². The Kier molecular flexibility index (Phi) is 25.5. The molecule has 12 nitrogen and oxygen atoms in total. The zero-order valence-electron chi connectivity index (χ0n) is 58.2. The highest BCUT2D eigenvalue weighted by Crippen LogP contribution is 2.51. The Hall–Kier alpha value is -6.04. The van der Waals surface area contributed by atoms with Crippen molar-refractivity contribution in [2.75, 3.05) is 0 Å². The predicted octanol–water partition coefficient (Wildman–Crippen LogP) is 19.9. The van der Waals surface area contributed by atoms with Gasteiger partial charge in [0.05, 0.1) is 5.92 Å². The molecule has 4 rings (SSSR count). The molecule has 4 aliphatic carbocycles. The molecule has 0 heterocycles. The monoisotopic (exact) mass is 1180 g/mol. The fourth-order valence-electron chi connectivity index (χ4n) is 10.4. The Morgan fingerprint density at radius 3 is 0.659 bits per heavy atom. The van der Waals surface area contributed by atoms with Gasteiger partial charge in [0.1, 0.15) is 46.1 Å². The maximum Gasteiger partial charge on any atom is 0.313 e. The molecule has 0 fully saturated rings. The van der Waals surface area contributed by atoms with Crippen LogP contribution in [0.1, 0.15) is 220 Å². The van der Waals surface area contributed by atoms with Gasteiger partial charge < -0.3 is 39.4 Å². The predicted molar refractivity (Wildman–Crippen MR) is 347 cm³/mol. The molecule has 0 saturated heterocycles. The molecule has 4 aliphatic rings. The minimum atomic E-state index is -0.287. The van der Waals surface area contributed by atoms with Crippen LogP contribution in [0.3, 0.4) is 0 Å². The van der Waals surface area contributed by atoms with Gasteiger partial charge in [-0.05, 0) is 112 Å². The van der Waals surface area contributed by atoms with Crippen molar-refractivity contribution in [2.24, 2.45) is 72.9 Å². The molecule has 4 unspecified atom stereocenters. The Labute approximate surface area is 514 Å². The molecule has 0 bridgehead atoms. The first-order chi connectivity index (χ1) is 37.9. The van der Waals surface area contributed by atoms with Crippen molar-refractivity contribution in [1.82, 2.24) is 0 Å². The lowest BCUT2D eigenvalue weighted by Gasteiger charge is -2.38. The van der Waals surface area contributed by atoms with Gasteiger partial charge in [-0.1, -0.05) is 227 Å². The number of hydrogen-bond acceptors (Lipinski definition) is 12. The molecule has 0 radical (unpaired) electrons. The van der Waals surface area contributed by atoms with Crippen molar-refractivity contribution in [3.8, 4) is 0 Å². The van der Waals surface area contributed by atoms with Gasteiger partial charge in [0.2, 0.25) is 0 Å². The lowest BCUT2D eigenvalue weighted by Crippen LogP contribution is -2.31. The third kappa shape index (κ3) is 20.5. The largest absolute Gasteiger partial charge is 0.511 e. The van der Waals surface area contributed by atoms with Crippen LogP contribution in [0.4, 0.5) is 0 Å². The van der Waals surface area contributed by atoms with Crippen LogP contribution >= 0.6 is 0 Å². The number of rotatable bonds is 8. The molecule has 85 heavy (non-hydrogen) atoms. The molecule has 0 spiro atoms. The van der Waals surface area contributed by atoms with E-state index in [1.54, 1.807) is 58.9 Å². The van der Waals surface area contributed by atoms with E-state index in [2.05, 4.69) is 26.3 Å². The molecule has 12 heteroatoms. The van der Waals surface area contributed by atoms with Crippen LogP contribution in [0.5, 0.6) is 0 Å². The number of esters is 4. The molecule has 0 aliphatic heterocycles. The van der Waals surface area contributed by atoms with E-state index in [-0.39, 0.29) is 96.8 Å². The molecule has 0 aromatic rings. The first-order valence-corrected chi connectivity index (χ1v) is 30.2. The van der Waals surface area contributed by atoms with Gasteiger partial charge in [-0.25, -0.2) is 0 Å². The number of ether oxygens (including phenoxy) is 4.